The molecule has 19 heavy (non-hydrogen) atoms. The van der Waals surface area contributed by atoms with Crippen LogP contribution in [0, 0.1) is 0 Å². The molecule has 0 heterocycles. The van der Waals surface area contributed by atoms with E-state index < -0.39 is 24.0 Å². The molecular weight excluding hydrogens is 302 g/mol. The second kappa shape index (κ2) is 10.6. The number of hydrogen-bond acceptors (Lipinski definition) is 5. The van der Waals surface area contributed by atoms with Gasteiger partial charge in [0.05, 0.1) is 18.1 Å². The molecule has 0 spiro atoms. The predicted molar refractivity (Wildman–Crippen MR) is 65.5 cm³/mol. The minimum absolute atomic E-state index is 0. The Morgan fingerprint density at radius 3 is 2.47 bits per heavy atom. The number of hydrogen-bond donors (Lipinski definition) is 3. The summed E-state index contributed by atoms with van der Waals surface area (Å²) in [5.41, 5.74) is 11.9. The smallest absolute Gasteiger partial charge is 0.548 e. The Morgan fingerprint density at radius 1 is 1.47 bits per heavy atom. The van der Waals surface area contributed by atoms with Gasteiger partial charge in [-0.05, 0) is 39.3 Å². The number of aliphatic imine (C=N–C) groups is 1. The summed E-state index contributed by atoms with van der Waals surface area (Å²) in [6.45, 7) is 1.86. The van der Waals surface area contributed by atoms with Crippen molar-refractivity contribution in [2.75, 3.05) is 13.6 Å². The summed E-state index contributed by atoms with van der Waals surface area (Å²) in [7, 11) is 1.60. The number of aliphatic carboxylic acids is 1. The van der Waals surface area contributed by atoms with Crippen molar-refractivity contribution in [3.63, 3.8) is 0 Å². The van der Waals surface area contributed by atoms with Gasteiger partial charge in [0.15, 0.2) is 0 Å². The molecular formula is C10H19CuN5O3. The molecule has 5 N–H and O–H groups in total. The first kappa shape index (κ1) is 20.0. The molecule has 0 bridgehead atoms. The van der Waals surface area contributed by atoms with E-state index in [2.05, 4.69) is 15.6 Å². The predicted octanol–water partition coefficient (Wildman–Crippen LogP) is -2.03. The van der Waals surface area contributed by atoms with Crippen LogP contribution in [-0.2, 0) is 26.7 Å². The molecule has 0 aliphatic heterocycles. The third kappa shape index (κ3) is 9.29. The van der Waals surface area contributed by atoms with E-state index >= 15 is 0 Å². The van der Waals surface area contributed by atoms with Gasteiger partial charge in [-0.15, -0.1) is 0 Å². The molecule has 113 valence electrons. The van der Waals surface area contributed by atoms with Crippen LogP contribution in [-0.4, -0.2) is 43.5 Å². The maximum Gasteiger partial charge on any atom is 2.00 e. The summed E-state index contributed by atoms with van der Waals surface area (Å²) < 4.78 is 0. The van der Waals surface area contributed by atoms with Crippen molar-refractivity contribution >= 4 is 17.8 Å². The van der Waals surface area contributed by atoms with Gasteiger partial charge < -0.3 is 37.0 Å². The number of likely N-dealkylation sites (N-methyl/N-ethyl adjacent to an activating group) is 1. The normalized spacial score (nSPS) is 14.1. The number of guanidine groups is 1. The third-order valence-corrected chi connectivity index (χ3v) is 2.36. The van der Waals surface area contributed by atoms with E-state index in [0.29, 0.717) is 6.42 Å². The SMILES string of the molecule is CNC(C)C(=O)NC(CCCN=C([NH-])N)C(=O)[O-].[Cu+2]. The zero-order valence-corrected chi connectivity index (χ0v) is 11.8. The summed E-state index contributed by atoms with van der Waals surface area (Å²) in [6, 6.07) is -1.54. The monoisotopic (exact) mass is 320 g/mol. The molecule has 0 saturated carbocycles. The van der Waals surface area contributed by atoms with Gasteiger partial charge in [0.25, 0.3) is 0 Å². The zero-order chi connectivity index (χ0) is 14.1. The number of carboxylic acids is 1. The van der Waals surface area contributed by atoms with Gasteiger partial charge >= 0.3 is 17.1 Å². The van der Waals surface area contributed by atoms with E-state index in [-0.39, 0.29) is 36.0 Å². The fourth-order valence-corrected chi connectivity index (χ4v) is 1.17. The van der Waals surface area contributed by atoms with Crippen LogP contribution < -0.4 is 21.5 Å². The number of amides is 1. The summed E-state index contributed by atoms with van der Waals surface area (Å²) in [5.74, 6) is -2.04. The van der Waals surface area contributed by atoms with E-state index in [4.69, 9.17) is 11.5 Å². The summed E-state index contributed by atoms with van der Waals surface area (Å²) in [5, 5.41) is 15.9. The molecule has 1 amide bonds. The van der Waals surface area contributed by atoms with Crippen molar-refractivity contribution in [1.82, 2.24) is 10.6 Å². The number of nitrogens with two attached hydrogens (primary N) is 1. The van der Waals surface area contributed by atoms with Gasteiger partial charge in [0.1, 0.15) is 0 Å². The first-order chi connectivity index (χ1) is 8.38. The summed E-state index contributed by atoms with van der Waals surface area (Å²) in [6.07, 6.45) is 0.577. The first-order valence-electron chi connectivity index (χ1n) is 5.58. The van der Waals surface area contributed by atoms with Crippen LogP contribution in [0.5, 0.6) is 0 Å². The van der Waals surface area contributed by atoms with Crippen LogP contribution in [0.25, 0.3) is 5.73 Å². The minimum Gasteiger partial charge on any atom is -0.548 e. The average Bonchev–Trinajstić information content (AvgIpc) is 2.30. The van der Waals surface area contributed by atoms with Crippen molar-refractivity contribution in [2.24, 2.45) is 10.7 Å². The average molecular weight is 321 g/mol. The quantitative estimate of drug-likeness (QED) is 0.204. The standard InChI is InChI=1S/C10H21N5O3.Cu/c1-6(13-2)8(16)15-7(9(17)18)4-3-5-14-10(11)12;/h6-7,13H,3-5H2,1-2H3,(H6,11,12,14,15,16,17,18);/q;+2/p-2. The third-order valence-electron chi connectivity index (χ3n) is 2.36. The largest absolute Gasteiger partial charge is 2.00 e. The minimum atomic E-state index is -1.34. The molecule has 0 aliphatic carbocycles. The van der Waals surface area contributed by atoms with Gasteiger partial charge in [-0.2, -0.15) is 0 Å². The molecule has 0 fully saturated rings. The molecule has 9 heteroatoms. The number of rotatable bonds is 8. The van der Waals surface area contributed by atoms with Crippen LogP contribution in [0.1, 0.15) is 19.8 Å². The van der Waals surface area contributed by atoms with Crippen LogP contribution in [0.15, 0.2) is 4.99 Å². The first-order valence-corrected chi connectivity index (χ1v) is 5.58. The second-order valence-corrected chi connectivity index (χ2v) is 3.80. The number of nitrogens with one attached hydrogen (secondary N) is 3. The van der Waals surface area contributed by atoms with Crippen molar-refractivity contribution in [3.05, 3.63) is 5.73 Å². The molecule has 0 aromatic rings. The number of carbonyl (C=O) groups excluding carboxylic acids is 2. The zero-order valence-electron chi connectivity index (χ0n) is 10.8. The maximum absolute atomic E-state index is 11.5. The fraction of sp³-hybridized carbons (Fsp3) is 0.700. The van der Waals surface area contributed by atoms with Gasteiger partial charge in [-0.1, -0.05) is 0 Å². The van der Waals surface area contributed by atoms with Gasteiger partial charge in [0.2, 0.25) is 5.91 Å². The van der Waals surface area contributed by atoms with Crippen LogP contribution in [0.2, 0.25) is 0 Å². The Labute approximate surface area is 122 Å². The van der Waals surface area contributed by atoms with Crippen molar-refractivity contribution in [3.8, 4) is 0 Å². The van der Waals surface area contributed by atoms with E-state index in [1.165, 1.54) is 0 Å². The molecule has 1 radical (unpaired) electrons. The topological polar surface area (TPSA) is 143 Å². The molecule has 0 aromatic heterocycles. The Kier molecular flexibility index (Phi) is 11.2. The van der Waals surface area contributed by atoms with Crippen molar-refractivity contribution in [1.29, 1.82) is 0 Å². The maximum atomic E-state index is 11.5. The number of carbonyl (C=O) groups is 2. The van der Waals surface area contributed by atoms with Gasteiger partial charge in [-0.3, -0.25) is 4.79 Å². The van der Waals surface area contributed by atoms with Crippen molar-refractivity contribution < 1.29 is 31.8 Å². The molecule has 2 unspecified atom stereocenters. The molecule has 0 saturated heterocycles. The van der Waals surface area contributed by atoms with Gasteiger partial charge in [-0.25, -0.2) is 0 Å². The van der Waals surface area contributed by atoms with E-state index in [0.717, 1.165) is 0 Å². The van der Waals surface area contributed by atoms with E-state index in [9.17, 15) is 14.7 Å². The summed E-state index contributed by atoms with van der Waals surface area (Å²) in [4.78, 5) is 25.9. The number of nitrogens with zero attached hydrogens (tertiary/aromatic N) is 1. The Balaban J connectivity index is 0. The van der Waals surface area contributed by atoms with Crippen LogP contribution in [0.4, 0.5) is 0 Å². The summed E-state index contributed by atoms with van der Waals surface area (Å²) >= 11 is 0. The molecule has 8 nitrogen and oxygen atoms in total. The van der Waals surface area contributed by atoms with Crippen molar-refractivity contribution in [2.45, 2.75) is 31.8 Å². The fourth-order valence-electron chi connectivity index (χ4n) is 1.17. The Bertz CT molecular complexity index is 320. The number of carboxylic acid groups (broad SMARTS) is 1. The molecule has 0 aliphatic rings. The molecule has 2 atom stereocenters. The Morgan fingerprint density at radius 2 is 2.05 bits per heavy atom. The van der Waals surface area contributed by atoms with E-state index in [1.54, 1.807) is 14.0 Å². The van der Waals surface area contributed by atoms with E-state index in [1.807, 2.05) is 0 Å². The van der Waals surface area contributed by atoms with Crippen LogP contribution in [0.3, 0.4) is 0 Å². The molecule has 0 aromatic carbocycles. The van der Waals surface area contributed by atoms with Crippen LogP contribution >= 0.6 is 0 Å². The second-order valence-electron chi connectivity index (χ2n) is 3.80. The molecule has 0 rings (SSSR count). The van der Waals surface area contributed by atoms with Gasteiger partial charge in [0, 0.05) is 0 Å². The Hall–Kier alpha value is -1.31.